The maximum Gasteiger partial charge on any atom is 0.290 e. The predicted octanol–water partition coefficient (Wildman–Crippen LogP) is 1.94. The van der Waals surface area contributed by atoms with Crippen LogP contribution in [0.15, 0.2) is 18.2 Å². The summed E-state index contributed by atoms with van der Waals surface area (Å²) < 4.78 is 0. The van der Waals surface area contributed by atoms with Crippen LogP contribution in [0.2, 0.25) is 10.0 Å². The van der Waals surface area contributed by atoms with Crippen molar-refractivity contribution in [1.82, 2.24) is 15.1 Å². The Morgan fingerprint density at radius 3 is 2.59 bits per heavy atom. The van der Waals surface area contributed by atoms with Crippen molar-refractivity contribution in [3.63, 3.8) is 0 Å². The molecule has 0 aliphatic carbocycles. The van der Waals surface area contributed by atoms with E-state index in [-0.39, 0.29) is 25.0 Å². The van der Waals surface area contributed by atoms with Gasteiger partial charge >= 0.3 is 0 Å². The Labute approximate surface area is 180 Å². The lowest BCUT2D eigenvalue weighted by atomic mass is 10.0. The number of nitrogens with zero attached hydrogens (tertiary/aromatic N) is 2. The summed E-state index contributed by atoms with van der Waals surface area (Å²) in [4.78, 5) is 50.9. The lowest BCUT2D eigenvalue weighted by Gasteiger charge is -2.21. The summed E-state index contributed by atoms with van der Waals surface area (Å²) in [7, 11) is 1.62. The van der Waals surface area contributed by atoms with Gasteiger partial charge in [-0.2, -0.15) is 0 Å². The monoisotopic (exact) mass is 441 g/mol. The van der Waals surface area contributed by atoms with Gasteiger partial charge in [0, 0.05) is 39.6 Å². The molecule has 0 radical (unpaired) electrons. The lowest BCUT2D eigenvalue weighted by Crippen LogP contribution is -2.41. The van der Waals surface area contributed by atoms with Crippen LogP contribution in [0, 0.1) is 5.92 Å². The van der Waals surface area contributed by atoms with Gasteiger partial charge in [-0.05, 0) is 37.5 Å². The van der Waals surface area contributed by atoms with Crippen molar-refractivity contribution in [3.05, 3.63) is 33.8 Å². The fourth-order valence-corrected chi connectivity index (χ4v) is 3.33. The van der Waals surface area contributed by atoms with Crippen LogP contribution in [-0.2, 0) is 25.6 Å². The normalized spacial score (nSPS) is 17.4. The fourth-order valence-electron chi connectivity index (χ4n) is 3.01. The molecule has 158 valence electrons. The first-order valence-electron chi connectivity index (χ1n) is 9.39. The van der Waals surface area contributed by atoms with E-state index < -0.39 is 23.5 Å². The minimum absolute atomic E-state index is 0.0365. The standard InChI is InChI=1S/C20H25Cl2N3O4/c1-12(4-5-14-6-7-16(21)17(22)10-14)23-19(28)15-11-25(20(29)18(15)27)9-8-24(3)13(2)26/h6-7,10,12,15H,4-5,8-9,11H2,1-3H3,(H,23,28). The van der Waals surface area contributed by atoms with Crippen molar-refractivity contribution in [2.45, 2.75) is 32.7 Å². The molecular formula is C20H25Cl2N3O4. The molecule has 9 heteroatoms. The van der Waals surface area contributed by atoms with E-state index in [1.807, 2.05) is 13.0 Å². The number of Topliss-reactive ketones (excluding diaryl/α,β-unsaturated/α-hetero) is 1. The Bertz CT molecular complexity index is 815. The van der Waals surface area contributed by atoms with E-state index in [0.717, 1.165) is 5.56 Å². The second-order valence-corrected chi connectivity index (χ2v) is 8.12. The molecule has 7 nitrogen and oxygen atoms in total. The first kappa shape index (κ1) is 23.2. The highest BCUT2D eigenvalue weighted by Gasteiger charge is 2.43. The highest BCUT2D eigenvalue weighted by Crippen LogP contribution is 2.23. The van der Waals surface area contributed by atoms with Crippen LogP contribution in [0.3, 0.4) is 0 Å². The van der Waals surface area contributed by atoms with Crippen LogP contribution >= 0.6 is 23.2 Å². The van der Waals surface area contributed by atoms with Crippen LogP contribution < -0.4 is 5.32 Å². The van der Waals surface area contributed by atoms with E-state index in [1.165, 1.54) is 16.7 Å². The second kappa shape index (κ2) is 10.1. The highest BCUT2D eigenvalue weighted by atomic mass is 35.5. The Hall–Kier alpha value is -2.12. The summed E-state index contributed by atoms with van der Waals surface area (Å²) in [5.41, 5.74) is 0.994. The topological polar surface area (TPSA) is 86.8 Å². The van der Waals surface area contributed by atoms with Gasteiger partial charge in [0.2, 0.25) is 17.6 Å². The van der Waals surface area contributed by atoms with Crippen LogP contribution in [-0.4, -0.2) is 66.0 Å². The summed E-state index contributed by atoms with van der Waals surface area (Å²) in [5, 5.41) is 3.77. The second-order valence-electron chi connectivity index (χ2n) is 7.31. The number of amides is 3. The lowest BCUT2D eigenvalue weighted by molar-refractivity contribution is -0.142. The van der Waals surface area contributed by atoms with E-state index in [1.54, 1.807) is 19.2 Å². The average molecular weight is 442 g/mol. The number of carbonyl (C=O) groups excluding carboxylic acids is 4. The van der Waals surface area contributed by atoms with Gasteiger partial charge in [0.25, 0.3) is 5.91 Å². The number of rotatable bonds is 8. The smallest absolute Gasteiger partial charge is 0.290 e. The molecule has 2 atom stereocenters. The highest BCUT2D eigenvalue weighted by molar-refractivity contribution is 6.42. The first-order chi connectivity index (χ1) is 13.6. The molecule has 2 rings (SSSR count). The molecular weight excluding hydrogens is 417 g/mol. The zero-order chi connectivity index (χ0) is 21.7. The van der Waals surface area contributed by atoms with E-state index in [9.17, 15) is 19.2 Å². The molecule has 29 heavy (non-hydrogen) atoms. The summed E-state index contributed by atoms with van der Waals surface area (Å²) >= 11 is 11.9. The van der Waals surface area contributed by atoms with E-state index >= 15 is 0 Å². The SMILES string of the molecule is CC(=O)N(C)CCN1CC(C(=O)NC(C)CCc2ccc(Cl)c(Cl)c2)C(=O)C1=O. The van der Waals surface area contributed by atoms with Crippen LogP contribution in [0.5, 0.6) is 0 Å². The number of benzene rings is 1. The number of ketones is 1. The maximum absolute atomic E-state index is 12.5. The van der Waals surface area contributed by atoms with Crippen molar-refractivity contribution in [2.75, 3.05) is 26.7 Å². The predicted molar refractivity (Wildman–Crippen MR) is 111 cm³/mol. The molecule has 3 amide bonds. The summed E-state index contributed by atoms with van der Waals surface area (Å²) in [6.45, 7) is 3.83. The fraction of sp³-hybridized carbons (Fsp3) is 0.500. The molecule has 1 saturated heterocycles. The Balaban J connectivity index is 1.85. The largest absolute Gasteiger partial charge is 0.353 e. The van der Waals surface area contributed by atoms with Crippen molar-refractivity contribution in [2.24, 2.45) is 5.92 Å². The first-order valence-corrected chi connectivity index (χ1v) is 10.1. The van der Waals surface area contributed by atoms with Gasteiger partial charge in [-0.3, -0.25) is 19.2 Å². The number of hydrogen-bond donors (Lipinski definition) is 1. The number of likely N-dealkylation sites (tertiary alicyclic amines) is 1. The van der Waals surface area contributed by atoms with E-state index in [4.69, 9.17) is 23.2 Å². The molecule has 1 aromatic carbocycles. The minimum Gasteiger partial charge on any atom is -0.353 e. The zero-order valence-corrected chi connectivity index (χ0v) is 18.2. The third-order valence-electron chi connectivity index (χ3n) is 5.02. The van der Waals surface area contributed by atoms with Crippen LogP contribution in [0.25, 0.3) is 0 Å². The Kier molecular flexibility index (Phi) is 8.05. The third kappa shape index (κ3) is 6.18. The van der Waals surface area contributed by atoms with Crippen molar-refractivity contribution < 1.29 is 19.2 Å². The number of nitrogens with one attached hydrogen (secondary N) is 1. The number of likely N-dealkylation sites (N-methyl/N-ethyl adjacent to an activating group) is 1. The summed E-state index contributed by atoms with van der Waals surface area (Å²) in [5.74, 6) is -2.98. The molecule has 1 aromatic rings. The maximum atomic E-state index is 12.5. The molecule has 1 fully saturated rings. The molecule has 1 aliphatic heterocycles. The zero-order valence-electron chi connectivity index (χ0n) is 16.7. The van der Waals surface area contributed by atoms with Gasteiger partial charge in [-0.15, -0.1) is 0 Å². The van der Waals surface area contributed by atoms with Gasteiger partial charge in [-0.1, -0.05) is 29.3 Å². The van der Waals surface area contributed by atoms with Crippen molar-refractivity contribution >= 4 is 46.7 Å². The van der Waals surface area contributed by atoms with Crippen LogP contribution in [0.1, 0.15) is 25.8 Å². The molecule has 1 aliphatic rings. The molecule has 0 saturated carbocycles. The van der Waals surface area contributed by atoms with Gasteiger partial charge in [0.1, 0.15) is 5.92 Å². The Morgan fingerprint density at radius 2 is 1.97 bits per heavy atom. The van der Waals surface area contributed by atoms with Crippen molar-refractivity contribution in [3.8, 4) is 0 Å². The molecule has 0 bridgehead atoms. The van der Waals surface area contributed by atoms with E-state index in [2.05, 4.69) is 5.32 Å². The molecule has 0 aromatic heterocycles. The number of carbonyl (C=O) groups is 4. The quantitative estimate of drug-likeness (QED) is 0.493. The number of hydrogen-bond acceptors (Lipinski definition) is 4. The summed E-state index contributed by atoms with van der Waals surface area (Å²) in [6, 6.07) is 5.20. The molecule has 0 spiro atoms. The van der Waals surface area contributed by atoms with Crippen LogP contribution in [0.4, 0.5) is 0 Å². The van der Waals surface area contributed by atoms with Gasteiger partial charge in [0.05, 0.1) is 10.0 Å². The summed E-state index contributed by atoms with van der Waals surface area (Å²) in [6.07, 6.45) is 1.32. The number of halogens is 2. The minimum atomic E-state index is -1.02. The van der Waals surface area contributed by atoms with Crippen molar-refractivity contribution in [1.29, 1.82) is 0 Å². The Morgan fingerprint density at radius 1 is 1.28 bits per heavy atom. The molecule has 2 unspecified atom stereocenters. The molecule has 1 N–H and O–H groups in total. The van der Waals surface area contributed by atoms with Gasteiger partial charge in [-0.25, -0.2) is 0 Å². The third-order valence-corrected chi connectivity index (χ3v) is 5.75. The van der Waals surface area contributed by atoms with Gasteiger partial charge in [0.15, 0.2) is 0 Å². The van der Waals surface area contributed by atoms with E-state index in [0.29, 0.717) is 29.4 Å². The molecule has 1 heterocycles. The van der Waals surface area contributed by atoms with Gasteiger partial charge < -0.3 is 15.1 Å². The number of aryl methyl sites for hydroxylation is 1. The average Bonchev–Trinajstić information content (AvgIpc) is 2.95.